The highest BCUT2D eigenvalue weighted by Gasteiger charge is 2.41. The van der Waals surface area contributed by atoms with E-state index in [0.717, 1.165) is 22.6 Å². The number of aliphatic hydroxyl groups is 1. The Bertz CT molecular complexity index is 962. The number of nitrogens with two attached hydrogens (primary N) is 1. The lowest BCUT2D eigenvalue weighted by Gasteiger charge is -2.24. The third-order valence-corrected chi connectivity index (χ3v) is 6.01. The molecule has 8 nitrogen and oxygen atoms in total. The van der Waals surface area contributed by atoms with E-state index in [2.05, 4.69) is 30.0 Å². The molecular weight excluding hydrogens is 330 g/mol. The van der Waals surface area contributed by atoms with Gasteiger partial charge in [0.15, 0.2) is 6.23 Å². The zero-order valence-electron chi connectivity index (χ0n) is 14.7. The summed E-state index contributed by atoms with van der Waals surface area (Å²) in [5.41, 5.74) is 8.58. The molecule has 2 saturated carbocycles. The number of nitrogens with one attached hydrogen (secondary N) is 2. The molecule has 8 heteroatoms. The fraction of sp³-hybridized carbons (Fsp3) is 0.500. The monoisotopic (exact) mass is 353 g/mol. The summed E-state index contributed by atoms with van der Waals surface area (Å²) >= 11 is 0. The van der Waals surface area contributed by atoms with Gasteiger partial charge in [0.1, 0.15) is 23.6 Å². The van der Waals surface area contributed by atoms with Crippen LogP contribution in [-0.4, -0.2) is 29.8 Å². The third kappa shape index (κ3) is 2.36. The minimum Gasteiger partial charge on any atom is -0.383 e. The maximum atomic E-state index is 10.8. The molecule has 0 spiro atoms. The minimum atomic E-state index is -0.937. The van der Waals surface area contributed by atoms with E-state index in [-0.39, 0.29) is 0 Å². The van der Waals surface area contributed by atoms with E-state index in [1.807, 2.05) is 19.2 Å². The number of nitrogen functional groups attached to an aromatic ring is 1. The number of H-pyrrole nitrogens is 1. The number of aromatic amines is 1. The molecule has 5 rings (SSSR count). The van der Waals surface area contributed by atoms with E-state index in [1.54, 1.807) is 0 Å². The van der Waals surface area contributed by atoms with E-state index < -0.39 is 6.23 Å². The molecule has 26 heavy (non-hydrogen) atoms. The molecule has 3 heterocycles. The molecule has 2 fully saturated rings. The van der Waals surface area contributed by atoms with E-state index >= 15 is 0 Å². The number of anilines is 2. The number of nitrogens with zero attached hydrogens (tertiary/aromatic N) is 4. The van der Waals surface area contributed by atoms with Gasteiger partial charge in [0.25, 0.3) is 0 Å². The first-order chi connectivity index (χ1) is 12.6. The number of aliphatic hydroxyl groups excluding tert-OH is 1. The van der Waals surface area contributed by atoms with Crippen molar-refractivity contribution in [2.75, 3.05) is 11.1 Å². The van der Waals surface area contributed by atoms with Gasteiger partial charge < -0.3 is 20.7 Å². The van der Waals surface area contributed by atoms with Crippen molar-refractivity contribution in [1.29, 1.82) is 0 Å². The van der Waals surface area contributed by atoms with Gasteiger partial charge in [0, 0.05) is 29.6 Å². The molecule has 0 radical (unpaired) electrons. The van der Waals surface area contributed by atoms with Crippen LogP contribution in [0.5, 0.6) is 0 Å². The van der Waals surface area contributed by atoms with Gasteiger partial charge in [-0.25, -0.2) is 9.97 Å². The Hall–Kier alpha value is -2.61. The van der Waals surface area contributed by atoms with E-state index in [1.165, 1.54) is 32.0 Å². The van der Waals surface area contributed by atoms with E-state index in [0.29, 0.717) is 29.2 Å². The Kier molecular flexibility index (Phi) is 3.43. The lowest BCUT2D eigenvalue weighted by atomic mass is 9.95. The standard InChI is InChI=1S/C18H23N7O/c1-9-4-14(24-23-9)22-18(26)12-7-25(13-6-10-2-3-11(13)5-10)17-15(12)16(19)20-8-21-17/h4,7-8,10-11,13,18,26H,2-3,5-6H2,1H3,(H2,19,20,21)(H2,22,23,24). The highest BCUT2D eigenvalue weighted by molar-refractivity contribution is 5.90. The van der Waals surface area contributed by atoms with Crippen molar-refractivity contribution in [2.24, 2.45) is 11.8 Å². The molecule has 5 N–H and O–H groups in total. The summed E-state index contributed by atoms with van der Waals surface area (Å²) in [7, 11) is 0. The number of hydrogen-bond acceptors (Lipinski definition) is 6. The summed E-state index contributed by atoms with van der Waals surface area (Å²) in [6, 6.07) is 2.28. The Balaban J connectivity index is 1.56. The summed E-state index contributed by atoms with van der Waals surface area (Å²) in [6.07, 6.45) is 7.66. The molecule has 136 valence electrons. The summed E-state index contributed by atoms with van der Waals surface area (Å²) in [5, 5.41) is 21.6. The summed E-state index contributed by atoms with van der Waals surface area (Å²) in [4.78, 5) is 8.64. The number of rotatable bonds is 4. The first kappa shape index (κ1) is 15.6. The van der Waals surface area contributed by atoms with Crippen LogP contribution in [0, 0.1) is 18.8 Å². The first-order valence-corrected chi connectivity index (χ1v) is 9.17. The summed E-state index contributed by atoms with van der Waals surface area (Å²) < 4.78 is 2.22. The molecule has 0 saturated heterocycles. The zero-order chi connectivity index (χ0) is 17.8. The molecular formula is C18H23N7O. The van der Waals surface area contributed by atoms with Crippen LogP contribution >= 0.6 is 0 Å². The van der Waals surface area contributed by atoms with Crippen LogP contribution in [-0.2, 0) is 0 Å². The molecule has 0 amide bonds. The third-order valence-electron chi connectivity index (χ3n) is 6.01. The molecule has 2 aliphatic rings. The van der Waals surface area contributed by atoms with Gasteiger partial charge in [-0.3, -0.25) is 5.10 Å². The van der Waals surface area contributed by atoms with Crippen LogP contribution in [0.4, 0.5) is 11.6 Å². The van der Waals surface area contributed by atoms with Crippen molar-refractivity contribution >= 4 is 22.7 Å². The van der Waals surface area contributed by atoms with E-state index in [4.69, 9.17) is 5.73 Å². The zero-order valence-corrected chi connectivity index (χ0v) is 14.7. The van der Waals surface area contributed by atoms with Gasteiger partial charge in [0.2, 0.25) is 0 Å². The van der Waals surface area contributed by atoms with Gasteiger partial charge >= 0.3 is 0 Å². The molecule has 0 aliphatic heterocycles. The lowest BCUT2D eigenvalue weighted by molar-refractivity contribution is 0.208. The minimum absolute atomic E-state index is 0.394. The second-order valence-electron chi connectivity index (χ2n) is 7.67. The normalized spacial score (nSPS) is 25.8. The summed E-state index contributed by atoms with van der Waals surface area (Å²) in [6.45, 7) is 1.91. The van der Waals surface area contributed by atoms with Crippen LogP contribution in [0.15, 0.2) is 18.6 Å². The van der Waals surface area contributed by atoms with Gasteiger partial charge in [-0.15, -0.1) is 0 Å². The van der Waals surface area contributed by atoms with Crippen molar-refractivity contribution in [3.8, 4) is 0 Å². The van der Waals surface area contributed by atoms with Crippen molar-refractivity contribution in [1.82, 2.24) is 24.7 Å². The molecule has 3 aromatic heterocycles. The van der Waals surface area contributed by atoms with Gasteiger partial charge in [0.05, 0.1) is 5.39 Å². The van der Waals surface area contributed by atoms with Crippen LogP contribution in [0.2, 0.25) is 0 Å². The predicted molar refractivity (Wildman–Crippen MR) is 98.3 cm³/mol. The Labute approximate surface area is 150 Å². The molecule has 2 bridgehead atoms. The topological polar surface area (TPSA) is 118 Å². The predicted octanol–water partition coefficient (Wildman–Crippen LogP) is 2.51. The fourth-order valence-electron chi connectivity index (χ4n) is 4.86. The quantitative estimate of drug-likeness (QED) is 0.535. The molecule has 3 aromatic rings. The van der Waals surface area contributed by atoms with E-state index in [9.17, 15) is 5.11 Å². The molecule has 2 aliphatic carbocycles. The Morgan fingerprint density at radius 3 is 2.92 bits per heavy atom. The number of aromatic nitrogens is 5. The van der Waals surface area contributed by atoms with Crippen LogP contribution < -0.4 is 11.1 Å². The average Bonchev–Trinajstić information content (AvgIpc) is 3.37. The van der Waals surface area contributed by atoms with Crippen LogP contribution in [0.3, 0.4) is 0 Å². The maximum absolute atomic E-state index is 10.8. The second kappa shape index (κ2) is 5.70. The number of fused-ring (bicyclic) bond motifs is 3. The van der Waals surface area contributed by atoms with Crippen molar-refractivity contribution in [2.45, 2.75) is 44.9 Å². The highest BCUT2D eigenvalue weighted by atomic mass is 16.3. The van der Waals surface area contributed by atoms with Crippen molar-refractivity contribution < 1.29 is 5.11 Å². The van der Waals surface area contributed by atoms with Crippen molar-refractivity contribution in [3.63, 3.8) is 0 Å². The maximum Gasteiger partial charge on any atom is 0.154 e. The first-order valence-electron chi connectivity index (χ1n) is 9.17. The molecule has 4 atom stereocenters. The smallest absolute Gasteiger partial charge is 0.154 e. The number of hydrogen-bond donors (Lipinski definition) is 4. The fourth-order valence-corrected chi connectivity index (χ4v) is 4.86. The molecule has 4 unspecified atom stereocenters. The lowest BCUT2D eigenvalue weighted by Crippen LogP contribution is -2.16. The Morgan fingerprint density at radius 2 is 2.23 bits per heavy atom. The van der Waals surface area contributed by atoms with Gasteiger partial charge in [-0.2, -0.15) is 5.10 Å². The van der Waals surface area contributed by atoms with Gasteiger partial charge in [-0.1, -0.05) is 6.42 Å². The summed E-state index contributed by atoms with van der Waals surface area (Å²) in [5.74, 6) is 2.50. The van der Waals surface area contributed by atoms with Crippen LogP contribution in [0.25, 0.3) is 11.0 Å². The highest BCUT2D eigenvalue weighted by Crippen LogP contribution is 2.51. The Morgan fingerprint density at radius 1 is 1.35 bits per heavy atom. The van der Waals surface area contributed by atoms with Crippen molar-refractivity contribution in [3.05, 3.63) is 29.8 Å². The average molecular weight is 353 g/mol. The number of aryl methyl sites for hydroxylation is 1. The SMILES string of the molecule is Cc1cc(NC(O)c2cn(C3CC4CCC3C4)c3ncnc(N)c23)n[nH]1. The van der Waals surface area contributed by atoms with Gasteiger partial charge in [-0.05, 0) is 38.0 Å². The van der Waals surface area contributed by atoms with Crippen LogP contribution in [0.1, 0.15) is 49.2 Å². The molecule has 0 aromatic carbocycles. The largest absolute Gasteiger partial charge is 0.383 e. The second-order valence-corrected chi connectivity index (χ2v) is 7.67.